The van der Waals surface area contributed by atoms with Crippen molar-refractivity contribution in [1.29, 1.82) is 0 Å². The van der Waals surface area contributed by atoms with Crippen molar-refractivity contribution in [2.75, 3.05) is 6.54 Å². The normalized spacial score (nSPS) is 19.0. The van der Waals surface area contributed by atoms with E-state index in [4.69, 9.17) is 4.74 Å². The predicted octanol–water partition coefficient (Wildman–Crippen LogP) is 2.42. The van der Waals surface area contributed by atoms with Gasteiger partial charge in [-0.05, 0) is 19.4 Å². The van der Waals surface area contributed by atoms with Crippen LogP contribution >= 0.6 is 0 Å². The summed E-state index contributed by atoms with van der Waals surface area (Å²) in [7, 11) is 0. The molecule has 1 atom stereocenters. The summed E-state index contributed by atoms with van der Waals surface area (Å²) in [6.07, 6.45) is 0.430. The second-order valence-corrected chi connectivity index (χ2v) is 5.05. The summed E-state index contributed by atoms with van der Waals surface area (Å²) >= 11 is 0. The van der Waals surface area contributed by atoms with Crippen molar-refractivity contribution in [2.45, 2.75) is 38.8 Å². The topological polar surface area (TPSA) is 46.6 Å². The first kappa shape index (κ1) is 13.6. The Morgan fingerprint density at radius 2 is 2.05 bits per heavy atom. The fraction of sp³-hybridized carbons (Fsp3) is 0.467. The first-order chi connectivity index (χ1) is 9.08. The lowest BCUT2D eigenvalue weighted by atomic mass is 10.0. The minimum atomic E-state index is -0.387. The third-order valence-corrected chi connectivity index (χ3v) is 3.19. The molecular formula is C15H19NO3. The molecule has 4 heteroatoms. The largest absolute Gasteiger partial charge is 0.447 e. The van der Waals surface area contributed by atoms with E-state index in [0.29, 0.717) is 19.4 Å². The van der Waals surface area contributed by atoms with E-state index in [1.807, 2.05) is 44.2 Å². The number of benzene rings is 1. The molecule has 1 aliphatic rings. The molecule has 0 N–H and O–H groups in total. The zero-order valence-electron chi connectivity index (χ0n) is 11.3. The molecule has 0 aromatic heterocycles. The molecular weight excluding hydrogens is 242 g/mol. The maximum atomic E-state index is 12.0. The highest BCUT2D eigenvalue weighted by atomic mass is 16.6. The molecule has 0 spiro atoms. The van der Waals surface area contributed by atoms with Crippen molar-refractivity contribution in [3.63, 3.8) is 0 Å². The van der Waals surface area contributed by atoms with Crippen molar-refractivity contribution >= 4 is 11.9 Å². The van der Waals surface area contributed by atoms with Crippen LogP contribution in [-0.2, 0) is 16.0 Å². The van der Waals surface area contributed by atoms with E-state index in [1.54, 1.807) is 4.90 Å². The van der Waals surface area contributed by atoms with Gasteiger partial charge in [0.05, 0.1) is 12.1 Å². The lowest BCUT2D eigenvalue weighted by molar-refractivity contribution is -0.119. The number of hydrogen-bond acceptors (Lipinski definition) is 3. The van der Waals surface area contributed by atoms with Crippen molar-refractivity contribution < 1.29 is 14.3 Å². The summed E-state index contributed by atoms with van der Waals surface area (Å²) in [6, 6.07) is 9.37. The smallest absolute Gasteiger partial charge is 0.410 e. The van der Waals surface area contributed by atoms with Crippen LogP contribution in [0.2, 0.25) is 0 Å². The summed E-state index contributed by atoms with van der Waals surface area (Å²) in [5, 5.41) is 0. The van der Waals surface area contributed by atoms with Crippen LogP contribution in [0.5, 0.6) is 0 Å². The van der Waals surface area contributed by atoms with Crippen LogP contribution in [-0.4, -0.2) is 35.5 Å². The molecule has 19 heavy (non-hydrogen) atoms. The standard InChI is InChI=1S/C15H19NO3/c1-11(2)19-15(18)16-9-8-14(17)13(16)10-12-6-4-3-5-7-12/h3-7,11,13H,8-10H2,1-2H3/t13-/m0/s1. The van der Waals surface area contributed by atoms with E-state index in [0.717, 1.165) is 5.56 Å². The number of likely N-dealkylation sites (tertiary alicyclic amines) is 1. The van der Waals surface area contributed by atoms with Crippen LogP contribution < -0.4 is 0 Å². The molecule has 1 aromatic carbocycles. The molecule has 1 aliphatic heterocycles. The number of carbonyl (C=O) groups excluding carboxylic acids is 2. The summed E-state index contributed by atoms with van der Waals surface area (Å²) in [5.41, 5.74) is 1.06. The number of rotatable bonds is 3. The molecule has 1 aromatic rings. The average molecular weight is 261 g/mol. The van der Waals surface area contributed by atoms with Gasteiger partial charge < -0.3 is 4.74 Å². The Bertz CT molecular complexity index is 456. The Balaban J connectivity index is 2.07. The van der Waals surface area contributed by atoms with Crippen LogP contribution in [0.4, 0.5) is 4.79 Å². The molecule has 0 unspecified atom stereocenters. The fourth-order valence-electron chi connectivity index (χ4n) is 2.28. The predicted molar refractivity (Wildman–Crippen MR) is 71.9 cm³/mol. The number of ketones is 1. The van der Waals surface area contributed by atoms with E-state index in [1.165, 1.54) is 0 Å². The zero-order valence-corrected chi connectivity index (χ0v) is 11.3. The molecule has 102 valence electrons. The van der Waals surface area contributed by atoms with Gasteiger partial charge in [-0.2, -0.15) is 0 Å². The monoisotopic (exact) mass is 261 g/mol. The van der Waals surface area contributed by atoms with Crippen LogP contribution in [0, 0.1) is 0 Å². The number of Topliss-reactive ketones (excluding diaryl/α,β-unsaturated/α-hetero) is 1. The molecule has 1 fully saturated rings. The van der Waals surface area contributed by atoms with Crippen molar-refractivity contribution in [1.82, 2.24) is 4.90 Å². The maximum absolute atomic E-state index is 12.0. The summed E-state index contributed by atoms with van der Waals surface area (Å²) in [4.78, 5) is 25.4. The average Bonchev–Trinajstić information content (AvgIpc) is 2.72. The van der Waals surface area contributed by atoms with Crippen molar-refractivity contribution in [3.8, 4) is 0 Å². The van der Waals surface area contributed by atoms with E-state index >= 15 is 0 Å². The van der Waals surface area contributed by atoms with Gasteiger partial charge >= 0.3 is 6.09 Å². The second-order valence-electron chi connectivity index (χ2n) is 5.05. The van der Waals surface area contributed by atoms with Gasteiger partial charge in [0.25, 0.3) is 0 Å². The van der Waals surface area contributed by atoms with E-state index < -0.39 is 0 Å². The second kappa shape index (κ2) is 5.87. The maximum Gasteiger partial charge on any atom is 0.410 e. The minimum Gasteiger partial charge on any atom is -0.447 e. The number of hydrogen-bond donors (Lipinski definition) is 0. The van der Waals surface area contributed by atoms with Crippen LogP contribution in [0.1, 0.15) is 25.8 Å². The van der Waals surface area contributed by atoms with Gasteiger partial charge in [0, 0.05) is 19.4 Å². The zero-order chi connectivity index (χ0) is 13.8. The SMILES string of the molecule is CC(C)OC(=O)N1CCC(=O)[C@@H]1Cc1ccccc1. The molecule has 2 rings (SSSR count). The molecule has 1 saturated heterocycles. The first-order valence-corrected chi connectivity index (χ1v) is 6.62. The van der Waals surface area contributed by atoms with Crippen LogP contribution in [0.15, 0.2) is 30.3 Å². The highest BCUT2D eigenvalue weighted by Gasteiger charge is 2.36. The molecule has 1 heterocycles. The lowest BCUT2D eigenvalue weighted by Gasteiger charge is -2.24. The molecule has 4 nitrogen and oxygen atoms in total. The number of amides is 1. The third-order valence-electron chi connectivity index (χ3n) is 3.19. The van der Waals surface area contributed by atoms with Gasteiger partial charge in [-0.1, -0.05) is 30.3 Å². The van der Waals surface area contributed by atoms with Crippen LogP contribution in [0.25, 0.3) is 0 Å². The number of nitrogens with zero attached hydrogens (tertiary/aromatic N) is 1. The first-order valence-electron chi connectivity index (χ1n) is 6.62. The molecule has 0 radical (unpaired) electrons. The Labute approximate surface area is 113 Å². The number of ether oxygens (including phenoxy) is 1. The van der Waals surface area contributed by atoms with E-state index in [2.05, 4.69) is 0 Å². The molecule has 0 aliphatic carbocycles. The summed E-state index contributed by atoms with van der Waals surface area (Å²) in [5.74, 6) is 0.115. The third kappa shape index (κ3) is 3.34. The summed E-state index contributed by atoms with van der Waals surface area (Å²) in [6.45, 7) is 4.08. The van der Waals surface area contributed by atoms with E-state index in [9.17, 15) is 9.59 Å². The van der Waals surface area contributed by atoms with Gasteiger partial charge in [0.2, 0.25) is 0 Å². The van der Waals surface area contributed by atoms with Crippen molar-refractivity contribution in [3.05, 3.63) is 35.9 Å². The minimum absolute atomic E-state index is 0.115. The fourth-order valence-corrected chi connectivity index (χ4v) is 2.28. The Morgan fingerprint density at radius 1 is 1.37 bits per heavy atom. The number of carbonyl (C=O) groups is 2. The Morgan fingerprint density at radius 3 is 2.68 bits per heavy atom. The van der Waals surface area contributed by atoms with E-state index in [-0.39, 0.29) is 24.0 Å². The Kier molecular flexibility index (Phi) is 4.20. The lowest BCUT2D eigenvalue weighted by Crippen LogP contribution is -2.40. The molecule has 0 saturated carbocycles. The van der Waals surface area contributed by atoms with Gasteiger partial charge in [-0.25, -0.2) is 4.79 Å². The Hall–Kier alpha value is -1.84. The van der Waals surface area contributed by atoms with Gasteiger partial charge in [0.15, 0.2) is 5.78 Å². The van der Waals surface area contributed by atoms with Crippen LogP contribution in [0.3, 0.4) is 0 Å². The molecule has 1 amide bonds. The van der Waals surface area contributed by atoms with Gasteiger partial charge in [0.1, 0.15) is 0 Å². The van der Waals surface area contributed by atoms with Gasteiger partial charge in [-0.15, -0.1) is 0 Å². The summed E-state index contributed by atoms with van der Waals surface area (Å²) < 4.78 is 5.19. The molecule has 0 bridgehead atoms. The van der Waals surface area contributed by atoms with Gasteiger partial charge in [-0.3, -0.25) is 9.69 Å². The van der Waals surface area contributed by atoms with Crippen molar-refractivity contribution in [2.24, 2.45) is 0 Å². The quantitative estimate of drug-likeness (QED) is 0.839. The highest BCUT2D eigenvalue weighted by Crippen LogP contribution is 2.19. The highest BCUT2D eigenvalue weighted by molar-refractivity contribution is 5.90.